The molecule has 334 valence electrons. The fourth-order valence-corrected chi connectivity index (χ4v) is 13.5. The van der Waals surface area contributed by atoms with Gasteiger partial charge < -0.3 is 25.5 Å². The first-order valence-electron chi connectivity index (χ1n) is 24.4. The fraction of sp³-hybridized carbons (Fsp3) is 0.778. The molecule has 1 unspecified atom stereocenters. The minimum Gasteiger partial charge on any atom is -0.393 e. The third kappa shape index (κ3) is 12.0. The van der Waals surface area contributed by atoms with Crippen molar-refractivity contribution >= 4 is 0 Å². The van der Waals surface area contributed by atoms with Crippen molar-refractivity contribution in [1.29, 1.82) is 0 Å². The lowest BCUT2D eigenvalue weighted by atomic mass is 9.60. The average Bonchev–Trinajstić information content (AvgIpc) is 3.70. The van der Waals surface area contributed by atoms with E-state index in [0.717, 1.165) is 58.8 Å². The Balaban J connectivity index is 0.000000224. The maximum absolute atomic E-state index is 10.1. The zero-order valence-corrected chi connectivity index (χ0v) is 39.0. The lowest BCUT2D eigenvalue weighted by Gasteiger charge is -2.44. The SMILES string of the molecule is C=C1/C(=C\C=C2/CCC[C@]3(C)[C@@H]([C@H](C)CCCC(C)(C)O)CC[C@@H]23)C[C@@H](O)C[C@@H]1O.C=C1/C(=C\C=C2/CCC[C@]3(C)[C@@H]([C@H](C)CCCC(C)C)CC[C@@H]23)C[C@@H](O)CC1O. The van der Waals surface area contributed by atoms with E-state index in [1.54, 1.807) is 11.1 Å². The monoisotopic (exact) mass is 817 g/mol. The first-order valence-corrected chi connectivity index (χ1v) is 24.4. The third-order valence-electron chi connectivity index (χ3n) is 16.9. The number of hydrogen-bond donors (Lipinski definition) is 5. The van der Waals surface area contributed by atoms with Gasteiger partial charge in [-0.2, -0.15) is 0 Å². The van der Waals surface area contributed by atoms with Gasteiger partial charge in [-0.05, 0) is 172 Å². The van der Waals surface area contributed by atoms with E-state index in [9.17, 15) is 25.5 Å². The average molecular weight is 817 g/mol. The van der Waals surface area contributed by atoms with E-state index < -0.39 is 30.0 Å². The van der Waals surface area contributed by atoms with Gasteiger partial charge in [-0.15, -0.1) is 0 Å². The molecule has 0 amide bonds. The Morgan fingerprint density at radius 1 is 0.644 bits per heavy atom. The van der Waals surface area contributed by atoms with Crippen molar-refractivity contribution in [3.05, 3.63) is 70.9 Å². The number of hydrogen-bond acceptors (Lipinski definition) is 5. The van der Waals surface area contributed by atoms with Gasteiger partial charge in [0.2, 0.25) is 0 Å². The number of rotatable bonds is 12. The zero-order valence-electron chi connectivity index (χ0n) is 39.0. The summed E-state index contributed by atoms with van der Waals surface area (Å²) in [6, 6.07) is 0. The van der Waals surface area contributed by atoms with Crippen molar-refractivity contribution in [3.63, 3.8) is 0 Å². The van der Waals surface area contributed by atoms with Crippen LogP contribution >= 0.6 is 0 Å². The Morgan fingerprint density at radius 2 is 1.07 bits per heavy atom. The van der Waals surface area contributed by atoms with Gasteiger partial charge in [0.1, 0.15) is 0 Å². The van der Waals surface area contributed by atoms with Gasteiger partial charge in [0.25, 0.3) is 0 Å². The summed E-state index contributed by atoms with van der Waals surface area (Å²) in [4.78, 5) is 0. The molecule has 0 saturated heterocycles. The molecule has 0 heterocycles. The van der Waals surface area contributed by atoms with E-state index in [1.807, 2.05) is 13.8 Å². The molecule has 59 heavy (non-hydrogen) atoms. The number of allylic oxidation sites excluding steroid dienone is 6. The van der Waals surface area contributed by atoms with Crippen molar-refractivity contribution in [2.45, 2.75) is 214 Å². The van der Waals surface area contributed by atoms with Crippen LogP contribution in [0.15, 0.2) is 70.9 Å². The van der Waals surface area contributed by atoms with E-state index in [0.29, 0.717) is 54.3 Å². The smallest absolute Gasteiger partial charge is 0.0811 e. The van der Waals surface area contributed by atoms with E-state index in [-0.39, 0.29) is 0 Å². The van der Waals surface area contributed by atoms with Gasteiger partial charge in [-0.3, -0.25) is 0 Å². The Kier molecular flexibility index (Phi) is 16.9. The van der Waals surface area contributed by atoms with Crippen molar-refractivity contribution in [2.75, 3.05) is 0 Å². The minimum absolute atomic E-state index is 0.374. The lowest BCUT2D eigenvalue weighted by Crippen LogP contribution is -2.36. The summed E-state index contributed by atoms with van der Waals surface area (Å²) in [6.45, 7) is 26.7. The van der Waals surface area contributed by atoms with Crippen LogP contribution in [0.25, 0.3) is 0 Å². The molecule has 6 aliphatic carbocycles. The van der Waals surface area contributed by atoms with E-state index in [1.165, 1.54) is 89.9 Å². The summed E-state index contributed by atoms with van der Waals surface area (Å²) in [5, 5.41) is 50.4. The van der Waals surface area contributed by atoms with Gasteiger partial charge in [0.15, 0.2) is 0 Å². The predicted octanol–water partition coefficient (Wildman–Crippen LogP) is 12.3. The normalized spacial score (nSPS) is 39.1. The summed E-state index contributed by atoms with van der Waals surface area (Å²) >= 11 is 0. The molecule has 6 rings (SSSR count). The second-order valence-corrected chi connectivity index (χ2v) is 22.3. The number of aliphatic hydroxyl groups is 5. The quantitative estimate of drug-likeness (QED) is 0.135. The van der Waals surface area contributed by atoms with Crippen LogP contribution in [0.2, 0.25) is 0 Å². The van der Waals surface area contributed by atoms with Crippen molar-refractivity contribution in [3.8, 4) is 0 Å². The second kappa shape index (κ2) is 20.6. The molecule has 0 bridgehead atoms. The maximum atomic E-state index is 10.1. The van der Waals surface area contributed by atoms with Gasteiger partial charge in [-0.1, -0.05) is 122 Å². The summed E-state index contributed by atoms with van der Waals surface area (Å²) in [5.41, 5.74) is 7.05. The standard InChI is InChI=1S/C27H44O3.C27H44O2/c1-18(8-6-14-26(3,4)30)23-12-13-24-20(9-7-15-27(23,24)5)10-11-21-16-22(28)17-25(29)19(21)2;1-18(2)8-6-9-19(3)24-13-14-25-21(10-7-15-27(24,25)5)11-12-22-16-23(28)17-26(29)20(22)4/h10-11,18,22-25,28-30H,2,6-9,12-17H2,1,3-5H3;11-12,18-19,23-26,28-29H,4,6-10,13-17H2,1-3,5H3/b20-10+,21-11-;21-11+,22-12-/t18-,22-,23-,24+,25+,27-;19-,23-,24-,25+,26?,27-/m11/s1. The fourth-order valence-electron chi connectivity index (χ4n) is 13.5. The molecule has 6 aliphatic rings. The molecule has 0 aromatic carbocycles. The maximum Gasteiger partial charge on any atom is 0.0811 e. The van der Waals surface area contributed by atoms with Gasteiger partial charge in [0, 0.05) is 12.8 Å². The van der Waals surface area contributed by atoms with Crippen LogP contribution in [-0.2, 0) is 0 Å². The van der Waals surface area contributed by atoms with Crippen LogP contribution < -0.4 is 0 Å². The van der Waals surface area contributed by atoms with Crippen LogP contribution in [-0.4, -0.2) is 55.5 Å². The highest BCUT2D eigenvalue weighted by Gasteiger charge is 2.51. The molecule has 5 heteroatoms. The van der Waals surface area contributed by atoms with E-state index in [4.69, 9.17) is 0 Å². The Hall–Kier alpha value is -1.76. The van der Waals surface area contributed by atoms with Crippen molar-refractivity contribution in [2.24, 2.45) is 52.3 Å². The van der Waals surface area contributed by atoms with Gasteiger partial charge in [-0.25, -0.2) is 0 Å². The predicted molar refractivity (Wildman–Crippen MR) is 247 cm³/mol. The molecule has 6 saturated carbocycles. The highest BCUT2D eigenvalue weighted by molar-refractivity contribution is 5.40. The number of aliphatic hydroxyl groups excluding tert-OH is 4. The van der Waals surface area contributed by atoms with Crippen LogP contribution in [0, 0.1) is 52.3 Å². The highest BCUT2D eigenvalue weighted by Crippen LogP contribution is 2.61. The van der Waals surface area contributed by atoms with Gasteiger partial charge >= 0.3 is 0 Å². The molecule has 12 atom stereocenters. The van der Waals surface area contributed by atoms with Crippen LogP contribution in [0.4, 0.5) is 0 Å². The lowest BCUT2D eigenvalue weighted by molar-refractivity contribution is 0.0596. The molecule has 0 aromatic heterocycles. The van der Waals surface area contributed by atoms with Gasteiger partial charge in [0.05, 0.1) is 30.0 Å². The molecule has 0 radical (unpaired) electrons. The van der Waals surface area contributed by atoms with Crippen LogP contribution in [0.3, 0.4) is 0 Å². The van der Waals surface area contributed by atoms with E-state index in [2.05, 4.69) is 79.0 Å². The Labute approximate surface area is 361 Å². The highest BCUT2D eigenvalue weighted by atomic mass is 16.3. The molecule has 5 nitrogen and oxygen atoms in total. The zero-order chi connectivity index (χ0) is 43.3. The summed E-state index contributed by atoms with van der Waals surface area (Å²) < 4.78 is 0. The first-order chi connectivity index (χ1) is 27.7. The Bertz CT molecular complexity index is 1560. The topological polar surface area (TPSA) is 101 Å². The molecular weight excluding hydrogens is 729 g/mol. The van der Waals surface area contributed by atoms with Crippen LogP contribution in [0.5, 0.6) is 0 Å². The van der Waals surface area contributed by atoms with Crippen molar-refractivity contribution in [1.82, 2.24) is 0 Å². The molecule has 0 aromatic rings. The first kappa shape index (κ1) is 48.3. The summed E-state index contributed by atoms with van der Waals surface area (Å²) in [5.74, 6) is 5.30. The largest absolute Gasteiger partial charge is 0.393 e. The number of fused-ring (bicyclic) bond motifs is 2. The third-order valence-corrected chi connectivity index (χ3v) is 16.9. The van der Waals surface area contributed by atoms with Crippen molar-refractivity contribution < 1.29 is 25.5 Å². The minimum atomic E-state index is -0.615. The Morgan fingerprint density at radius 3 is 1.47 bits per heavy atom. The molecule has 6 fully saturated rings. The summed E-state index contributed by atoms with van der Waals surface area (Å²) in [7, 11) is 0. The second-order valence-electron chi connectivity index (χ2n) is 22.3. The summed E-state index contributed by atoms with van der Waals surface area (Å²) in [6.07, 6.45) is 29.0. The molecule has 0 aliphatic heterocycles. The van der Waals surface area contributed by atoms with Crippen LogP contribution in [0.1, 0.15) is 184 Å². The molecular formula is C54H88O5. The molecule has 5 N–H and O–H groups in total. The molecule has 0 spiro atoms. The van der Waals surface area contributed by atoms with E-state index >= 15 is 0 Å².